The molecule has 0 aliphatic heterocycles. The molecule has 5 nitrogen and oxygen atoms in total. The van der Waals surface area contributed by atoms with E-state index in [1.807, 2.05) is 18.2 Å². The number of amides is 2. The first-order valence-electron chi connectivity index (χ1n) is 10.8. The second-order valence-corrected chi connectivity index (χ2v) is 9.22. The Hall–Kier alpha value is -2.94. The van der Waals surface area contributed by atoms with Gasteiger partial charge in [0.2, 0.25) is 5.91 Å². The SMILES string of the molecule is O=C(CNC(=O)c1oc2ccccc2c1CSC1CCCCC1)Nc1ccc(F)c(F)c1F. The number of carbonyl (C=O) groups is 2. The van der Waals surface area contributed by atoms with E-state index in [1.54, 1.807) is 17.8 Å². The van der Waals surface area contributed by atoms with Gasteiger partial charge in [0.1, 0.15) is 5.58 Å². The molecule has 0 atom stereocenters. The van der Waals surface area contributed by atoms with Crippen LogP contribution in [0, 0.1) is 17.5 Å². The quantitative estimate of drug-likeness (QED) is 0.424. The normalized spacial score (nSPS) is 14.4. The molecule has 9 heteroatoms. The van der Waals surface area contributed by atoms with Crippen LogP contribution < -0.4 is 10.6 Å². The molecule has 33 heavy (non-hydrogen) atoms. The van der Waals surface area contributed by atoms with Gasteiger partial charge >= 0.3 is 0 Å². The minimum Gasteiger partial charge on any atom is -0.451 e. The van der Waals surface area contributed by atoms with Gasteiger partial charge in [-0.2, -0.15) is 11.8 Å². The summed E-state index contributed by atoms with van der Waals surface area (Å²) in [6, 6.07) is 8.97. The minimum atomic E-state index is -1.68. The molecule has 1 saturated carbocycles. The number of halogens is 3. The van der Waals surface area contributed by atoms with Gasteiger partial charge in [-0.1, -0.05) is 37.5 Å². The average molecular weight is 477 g/mol. The molecule has 0 radical (unpaired) electrons. The summed E-state index contributed by atoms with van der Waals surface area (Å²) in [5.41, 5.74) is 0.836. The standard InChI is InChI=1S/C24H23F3N2O3S/c25-17-10-11-18(22(27)21(17)26)29-20(30)12-28-24(31)23-16(13-33-14-6-2-1-3-7-14)15-8-4-5-9-19(15)32-23/h4-5,8-11,14H,1-3,6-7,12-13H2,(H,28,31)(H,29,30). The number of fused-ring (bicyclic) bond motifs is 1. The molecule has 1 aliphatic rings. The summed E-state index contributed by atoms with van der Waals surface area (Å²) in [5, 5.41) is 5.97. The van der Waals surface area contributed by atoms with Gasteiger partial charge in [0, 0.05) is 22.0 Å². The highest BCUT2D eigenvalue weighted by atomic mass is 32.2. The summed E-state index contributed by atoms with van der Waals surface area (Å²) in [7, 11) is 0. The second kappa shape index (κ2) is 10.3. The van der Waals surface area contributed by atoms with E-state index in [0.29, 0.717) is 22.7 Å². The molecule has 1 heterocycles. The molecular weight excluding hydrogens is 453 g/mol. The van der Waals surface area contributed by atoms with Gasteiger partial charge in [-0.05, 0) is 31.0 Å². The van der Waals surface area contributed by atoms with E-state index >= 15 is 0 Å². The Morgan fingerprint density at radius 2 is 1.76 bits per heavy atom. The highest BCUT2D eigenvalue weighted by molar-refractivity contribution is 7.99. The molecule has 3 aromatic rings. The third-order valence-electron chi connectivity index (χ3n) is 5.64. The van der Waals surface area contributed by atoms with Gasteiger partial charge in [-0.15, -0.1) is 0 Å². The lowest BCUT2D eigenvalue weighted by Crippen LogP contribution is -2.33. The number of hydrogen-bond acceptors (Lipinski definition) is 4. The number of thioether (sulfide) groups is 1. The zero-order chi connectivity index (χ0) is 23.4. The second-order valence-electron chi connectivity index (χ2n) is 7.93. The molecule has 0 saturated heterocycles. The first kappa shape index (κ1) is 23.2. The van der Waals surface area contributed by atoms with Crippen molar-refractivity contribution in [3.8, 4) is 0 Å². The molecular formula is C24H23F3N2O3S. The first-order chi connectivity index (χ1) is 15.9. The molecule has 2 N–H and O–H groups in total. The lowest BCUT2D eigenvalue weighted by molar-refractivity contribution is -0.115. The van der Waals surface area contributed by atoms with Crippen molar-refractivity contribution in [3.05, 3.63) is 65.2 Å². The van der Waals surface area contributed by atoms with Crippen molar-refractivity contribution < 1.29 is 27.2 Å². The summed E-state index contributed by atoms with van der Waals surface area (Å²) in [4.78, 5) is 25.0. The van der Waals surface area contributed by atoms with Crippen LogP contribution in [-0.2, 0) is 10.5 Å². The molecule has 0 bridgehead atoms. The lowest BCUT2D eigenvalue weighted by Gasteiger charge is -2.20. The highest BCUT2D eigenvalue weighted by Gasteiger charge is 2.23. The Balaban J connectivity index is 1.44. The Labute approximate surface area is 193 Å². The van der Waals surface area contributed by atoms with Crippen LogP contribution in [0.4, 0.5) is 18.9 Å². The van der Waals surface area contributed by atoms with Gasteiger partial charge in [0.15, 0.2) is 23.2 Å². The van der Waals surface area contributed by atoms with Gasteiger partial charge in [0.05, 0.1) is 12.2 Å². The Morgan fingerprint density at radius 1 is 1.00 bits per heavy atom. The van der Waals surface area contributed by atoms with E-state index in [-0.39, 0.29) is 5.76 Å². The third kappa shape index (κ3) is 5.35. The smallest absolute Gasteiger partial charge is 0.287 e. The summed E-state index contributed by atoms with van der Waals surface area (Å²) in [6.45, 7) is -0.497. The average Bonchev–Trinajstić information content (AvgIpc) is 3.21. The van der Waals surface area contributed by atoms with Crippen LogP contribution in [0.5, 0.6) is 0 Å². The number of anilines is 1. The number of hydrogen-bond donors (Lipinski definition) is 2. The first-order valence-corrected chi connectivity index (χ1v) is 11.8. The molecule has 2 amide bonds. The molecule has 4 rings (SSSR count). The number of para-hydroxylation sites is 1. The minimum absolute atomic E-state index is 0.131. The third-order valence-corrected chi connectivity index (χ3v) is 7.04. The maximum absolute atomic E-state index is 13.8. The number of nitrogens with one attached hydrogen (secondary N) is 2. The van der Waals surface area contributed by atoms with Crippen molar-refractivity contribution in [2.24, 2.45) is 0 Å². The summed E-state index contributed by atoms with van der Waals surface area (Å²) in [5.74, 6) is -5.17. The summed E-state index contributed by atoms with van der Waals surface area (Å²) in [6.07, 6.45) is 6.00. The fraction of sp³-hybridized carbons (Fsp3) is 0.333. The maximum Gasteiger partial charge on any atom is 0.287 e. The molecule has 1 aliphatic carbocycles. The van der Waals surface area contributed by atoms with Crippen LogP contribution in [0.2, 0.25) is 0 Å². The zero-order valence-electron chi connectivity index (χ0n) is 17.8. The van der Waals surface area contributed by atoms with E-state index in [2.05, 4.69) is 10.6 Å². The van der Waals surface area contributed by atoms with Crippen LogP contribution in [0.1, 0.15) is 48.2 Å². The van der Waals surface area contributed by atoms with Crippen molar-refractivity contribution in [2.75, 3.05) is 11.9 Å². The maximum atomic E-state index is 13.8. The van der Waals surface area contributed by atoms with Crippen molar-refractivity contribution in [1.29, 1.82) is 0 Å². The molecule has 0 spiro atoms. The summed E-state index contributed by atoms with van der Waals surface area (Å²) < 4.78 is 45.9. The predicted octanol–water partition coefficient (Wildman–Crippen LogP) is 5.78. The predicted molar refractivity (Wildman–Crippen MR) is 122 cm³/mol. The fourth-order valence-corrected chi connectivity index (χ4v) is 5.27. The summed E-state index contributed by atoms with van der Waals surface area (Å²) >= 11 is 1.80. The molecule has 174 valence electrons. The topological polar surface area (TPSA) is 71.3 Å². The van der Waals surface area contributed by atoms with Gasteiger partial charge in [-0.3, -0.25) is 9.59 Å². The van der Waals surface area contributed by atoms with Crippen LogP contribution in [0.15, 0.2) is 40.8 Å². The van der Waals surface area contributed by atoms with Gasteiger partial charge in [0.25, 0.3) is 5.91 Å². The van der Waals surface area contributed by atoms with E-state index < -0.39 is 41.5 Å². The largest absolute Gasteiger partial charge is 0.451 e. The van der Waals surface area contributed by atoms with E-state index in [0.717, 1.165) is 29.9 Å². The molecule has 0 unspecified atom stereocenters. The Kier molecular flexibility index (Phi) is 7.27. The van der Waals surface area contributed by atoms with Crippen molar-refractivity contribution >= 4 is 40.2 Å². The Bertz CT molecular complexity index is 1180. The molecule has 1 aromatic heterocycles. The molecule has 1 fully saturated rings. The zero-order valence-corrected chi connectivity index (χ0v) is 18.6. The van der Waals surface area contributed by atoms with Crippen LogP contribution in [0.3, 0.4) is 0 Å². The van der Waals surface area contributed by atoms with Gasteiger partial charge in [-0.25, -0.2) is 13.2 Å². The fourth-order valence-electron chi connectivity index (χ4n) is 3.92. The highest BCUT2D eigenvalue weighted by Crippen LogP contribution is 2.35. The number of furan rings is 1. The van der Waals surface area contributed by atoms with E-state index in [4.69, 9.17) is 4.42 Å². The van der Waals surface area contributed by atoms with E-state index in [1.165, 1.54) is 19.3 Å². The van der Waals surface area contributed by atoms with Crippen molar-refractivity contribution in [3.63, 3.8) is 0 Å². The van der Waals surface area contributed by atoms with Crippen LogP contribution >= 0.6 is 11.8 Å². The van der Waals surface area contributed by atoms with Crippen LogP contribution in [0.25, 0.3) is 11.0 Å². The lowest BCUT2D eigenvalue weighted by atomic mass is 10.0. The number of carbonyl (C=O) groups excluding carboxylic acids is 2. The van der Waals surface area contributed by atoms with Crippen molar-refractivity contribution in [1.82, 2.24) is 5.32 Å². The van der Waals surface area contributed by atoms with Crippen LogP contribution in [-0.4, -0.2) is 23.6 Å². The number of benzene rings is 2. The Morgan fingerprint density at radius 3 is 2.55 bits per heavy atom. The monoisotopic (exact) mass is 476 g/mol. The van der Waals surface area contributed by atoms with Gasteiger partial charge < -0.3 is 15.1 Å². The number of rotatable bonds is 7. The van der Waals surface area contributed by atoms with Crippen molar-refractivity contribution in [2.45, 2.75) is 43.1 Å². The van der Waals surface area contributed by atoms with E-state index in [9.17, 15) is 22.8 Å². The molecule has 2 aromatic carbocycles.